The van der Waals surface area contributed by atoms with Crippen molar-refractivity contribution in [3.8, 4) is 0 Å². The topological polar surface area (TPSA) is 103 Å². The summed E-state index contributed by atoms with van der Waals surface area (Å²) in [7, 11) is 1.83. The van der Waals surface area contributed by atoms with Crippen LogP contribution in [0.15, 0.2) is 30.5 Å². The van der Waals surface area contributed by atoms with Gasteiger partial charge < -0.3 is 20.6 Å². The van der Waals surface area contributed by atoms with Gasteiger partial charge in [-0.3, -0.25) is 9.78 Å². The third-order valence-electron chi connectivity index (χ3n) is 4.75. The second-order valence-electron chi connectivity index (χ2n) is 6.79. The van der Waals surface area contributed by atoms with Crippen LogP contribution < -0.4 is 10.6 Å². The smallest absolute Gasteiger partial charge is 0.274 e. The number of rotatable bonds is 5. The zero-order valence-electron chi connectivity index (χ0n) is 17.7. The molecule has 1 fully saturated rings. The van der Waals surface area contributed by atoms with Crippen molar-refractivity contribution in [2.45, 2.75) is 39.3 Å². The van der Waals surface area contributed by atoms with Gasteiger partial charge in [0, 0.05) is 26.3 Å². The fraction of sp³-hybridized carbons (Fsp3) is 0.429. The molecule has 30 heavy (non-hydrogen) atoms. The number of aliphatic hydroxyl groups excluding tert-OH is 1. The van der Waals surface area contributed by atoms with Crippen molar-refractivity contribution < 1.29 is 9.90 Å². The molecule has 3 aromatic heterocycles. The minimum atomic E-state index is -0.473. The van der Waals surface area contributed by atoms with E-state index in [4.69, 9.17) is 0 Å². The van der Waals surface area contributed by atoms with Crippen molar-refractivity contribution in [2.24, 2.45) is 0 Å². The van der Waals surface area contributed by atoms with Crippen molar-refractivity contribution in [1.82, 2.24) is 19.9 Å². The first-order valence-corrected chi connectivity index (χ1v) is 11.0. The standard InChI is InChI=1S/C19H22N6O2S.C2H6/c1-11(13-5-3-4-7-21-13)22-19-23-14-9-15(20-2)28-17(14)16(24-19)18(27)25-8-6-12(26)10-25;1-2/h3-5,7,9,11-12,20,26H,6,8,10H2,1-2H3,(H,22,23,24);1-2H3/t11?,12-;/m1./s1. The number of nitrogens with zero attached hydrogens (tertiary/aromatic N) is 4. The first-order chi connectivity index (χ1) is 14.5. The number of amides is 1. The Morgan fingerprint density at radius 2 is 2.13 bits per heavy atom. The number of anilines is 2. The third kappa shape index (κ3) is 4.68. The Morgan fingerprint density at radius 3 is 2.77 bits per heavy atom. The van der Waals surface area contributed by atoms with Gasteiger partial charge in [-0.1, -0.05) is 19.9 Å². The van der Waals surface area contributed by atoms with Gasteiger partial charge in [0.1, 0.15) is 0 Å². The van der Waals surface area contributed by atoms with Gasteiger partial charge in [0.2, 0.25) is 5.95 Å². The highest BCUT2D eigenvalue weighted by atomic mass is 32.1. The van der Waals surface area contributed by atoms with Gasteiger partial charge in [0.05, 0.1) is 33.1 Å². The Kier molecular flexibility index (Phi) is 7.17. The summed E-state index contributed by atoms with van der Waals surface area (Å²) in [5.41, 5.74) is 1.94. The Labute approximate surface area is 180 Å². The summed E-state index contributed by atoms with van der Waals surface area (Å²) in [6.07, 6.45) is 1.86. The molecule has 1 aliphatic rings. The van der Waals surface area contributed by atoms with E-state index < -0.39 is 6.10 Å². The van der Waals surface area contributed by atoms with Crippen LogP contribution in [-0.2, 0) is 0 Å². The van der Waals surface area contributed by atoms with Crippen LogP contribution in [0.1, 0.15) is 49.4 Å². The molecule has 1 saturated heterocycles. The summed E-state index contributed by atoms with van der Waals surface area (Å²) in [5.74, 6) is 0.205. The molecule has 1 aliphatic heterocycles. The van der Waals surface area contributed by atoms with Crippen LogP contribution in [0.5, 0.6) is 0 Å². The van der Waals surface area contributed by atoms with Crippen LogP contribution >= 0.6 is 11.3 Å². The molecule has 160 valence electrons. The van der Waals surface area contributed by atoms with Crippen molar-refractivity contribution in [3.63, 3.8) is 0 Å². The molecule has 0 aromatic carbocycles. The number of carbonyl (C=O) groups excluding carboxylic acids is 1. The number of nitrogens with one attached hydrogen (secondary N) is 2. The average molecular weight is 429 g/mol. The lowest BCUT2D eigenvalue weighted by molar-refractivity contribution is 0.0761. The van der Waals surface area contributed by atoms with E-state index in [1.165, 1.54) is 11.3 Å². The molecule has 0 aliphatic carbocycles. The molecule has 8 nitrogen and oxygen atoms in total. The van der Waals surface area contributed by atoms with Gasteiger partial charge in [-0.05, 0) is 31.5 Å². The molecule has 1 amide bonds. The molecule has 4 rings (SSSR count). The second kappa shape index (κ2) is 9.82. The van der Waals surface area contributed by atoms with E-state index in [2.05, 4.69) is 25.6 Å². The van der Waals surface area contributed by atoms with Crippen LogP contribution in [0.3, 0.4) is 0 Å². The zero-order chi connectivity index (χ0) is 21.7. The van der Waals surface area contributed by atoms with Crippen molar-refractivity contribution >= 4 is 38.4 Å². The molecule has 3 aromatic rings. The van der Waals surface area contributed by atoms with Crippen LogP contribution in [0.25, 0.3) is 10.2 Å². The Hall–Kier alpha value is -2.78. The minimum absolute atomic E-state index is 0.113. The van der Waals surface area contributed by atoms with Crippen molar-refractivity contribution in [3.05, 3.63) is 41.9 Å². The number of β-amino-alcohol motifs (C(OH)–C–C–N with tert-alkyl or cyclic N) is 1. The zero-order valence-corrected chi connectivity index (χ0v) is 18.5. The SMILES string of the molecule is CC.CNc1cc2nc(NC(C)c3ccccn3)nc(C(=O)N3CC[C@@H](O)C3)c2s1. The van der Waals surface area contributed by atoms with Gasteiger partial charge >= 0.3 is 0 Å². The van der Waals surface area contributed by atoms with Crippen LogP contribution in [0.2, 0.25) is 0 Å². The van der Waals surface area contributed by atoms with Gasteiger partial charge in [-0.25, -0.2) is 9.97 Å². The number of hydrogen-bond acceptors (Lipinski definition) is 8. The largest absolute Gasteiger partial charge is 0.391 e. The maximum Gasteiger partial charge on any atom is 0.274 e. The number of carbonyl (C=O) groups is 1. The van der Waals surface area contributed by atoms with E-state index in [9.17, 15) is 9.90 Å². The van der Waals surface area contributed by atoms with Crippen molar-refractivity contribution in [2.75, 3.05) is 30.8 Å². The van der Waals surface area contributed by atoms with Gasteiger partial charge in [0.15, 0.2) is 5.69 Å². The first-order valence-electron chi connectivity index (χ1n) is 10.2. The third-order valence-corrected chi connectivity index (χ3v) is 5.90. The summed E-state index contributed by atoms with van der Waals surface area (Å²) >= 11 is 1.45. The lowest BCUT2D eigenvalue weighted by Crippen LogP contribution is -2.30. The van der Waals surface area contributed by atoms with E-state index in [0.717, 1.165) is 15.4 Å². The number of likely N-dealkylation sites (tertiary alicyclic amines) is 1. The summed E-state index contributed by atoms with van der Waals surface area (Å²) < 4.78 is 0.742. The quantitative estimate of drug-likeness (QED) is 0.571. The van der Waals surface area contributed by atoms with Gasteiger partial charge in [0.25, 0.3) is 5.91 Å². The molecular weight excluding hydrogens is 400 g/mol. The molecular formula is C21H28N6O2S. The Morgan fingerprint density at radius 1 is 1.33 bits per heavy atom. The molecule has 0 saturated carbocycles. The molecule has 0 spiro atoms. The average Bonchev–Trinajstić information content (AvgIpc) is 3.40. The van der Waals surface area contributed by atoms with E-state index >= 15 is 0 Å². The minimum Gasteiger partial charge on any atom is -0.391 e. The predicted molar refractivity (Wildman–Crippen MR) is 121 cm³/mol. The highest BCUT2D eigenvalue weighted by molar-refractivity contribution is 7.23. The summed E-state index contributed by atoms with van der Waals surface area (Å²) in [6, 6.07) is 7.52. The monoisotopic (exact) mass is 428 g/mol. The van der Waals surface area contributed by atoms with E-state index in [1.807, 2.05) is 52.1 Å². The van der Waals surface area contributed by atoms with Crippen LogP contribution in [0, 0.1) is 0 Å². The number of thiophene rings is 1. The first kappa shape index (κ1) is 21.9. The predicted octanol–water partition coefficient (Wildman–Crippen LogP) is 3.53. The number of aliphatic hydroxyl groups is 1. The summed E-state index contributed by atoms with van der Waals surface area (Å²) in [6.45, 7) is 6.84. The number of aromatic nitrogens is 3. The highest BCUT2D eigenvalue weighted by Gasteiger charge is 2.29. The normalized spacial score (nSPS) is 16.7. The molecule has 0 radical (unpaired) electrons. The highest BCUT2D eigenvalue weighted by Crippen LogP contribution is 2.32. The van der Waals surface area contributed by atoms with E-state index in [-0.39, 0.29) is 11.9 Å². The molecule has 1 unspecified atom stereocenters. The lowest BCUT2D eigenvalue weighted by atomic mass is 10.2. The Balaban J connectivity index is 0.00000124. The second-order valence-corrected chi connectivity index (χ2v) is 7.84. The summed E-state index contributed by atoms with van der Waals surface area (Å²) in [4.78, 5) is 28.2. The van der Waals surface area contributed by atoms with E-state index in [1.54, 1.807) is 11.1 Å². The number of hydrogen-bond donors (Lipinski definition) is 3. The fourth-order valence-corrected chi connectivity index (χ4v) is 4.17. The fourth-order valence-electron chi connectivity index (χ4n) is 3.24. The van der Waals surface area contributed by atoms with Crippen molar-refractivity contribution in [1.29, 1.82) is 0 Å². The Bertz CT molecular complexity index is 994. The van der Waals surface area contributed by atoms with Gasteiger partial charge in [-0.2, -0.15) is 0 Å². The van der Waals surface area contributed by atoms with Crippen LogP contribution in [-0.4, -0.2) is 57.1 Å². The van der Waals surface area contributed by atoms with Crippen LogP contribution in [0.4, 0.5) is 10.9 Å². The molecule has 2 atom stereocenters. The van der Waals surface area contributed by atoms with Gasteiger partial charge in [-0.15, -0.1) is 11.3 Å². The number of pyridine rings is 1. The maximum atomic E-state index is 13.1. The molecule has 0 bridgehead atoms. The molecule has 3 N–H and O–H groups in total. The lowest BCUT2D eigenvalue weighted by Gasteiger charge is -2.17. The molecule has 9 heteroatoms. The number of fused-ring (bicyclic) bond motifs is 1. The summed E-state index contributed by atoms with van der Waals surface area (Å²) in [5, 5.41) is 17.1. The molecule has 4 heterocycles. The van der Waals surface area contributed by atoms with E-state index in [0.29, 0.717) is 36.7 Å². The maximum absolute atomic E-state index is 13.1.